The standard InChI is InChI=1S/C13H21ClN2O/c1-3-6-15-7-4-5-11(2)17-13-8-12(14)9-16-10-13/h8-11,15H,3-7H2,1-2H3. The topological polar surface area (TPSA) is 34.1 Å². The minimum Gasteiger partial charge on any atom is -0.489 e. The van der Waals surface area contributed by atoms with Gasteiger partial charge in [-0.05, 0) is 39.3 Å². The molecule has 0 spiro atoms. The Kier molecular flexibility index (Phi) is 6.97. The van der Waals surface area contributed by atoms with Gasteiger partial charge in [-0.3, -0.25) is 4.98 Å². The van der Waals surface area contributed by atoms with E-state index in [1.54, 1.807) is 18.5 Å². The van der Waals surface area contributed by atoms with Crippen molar-refractivity contribution in [2.24, 2.45) is 0 Å². The molecule has 0 aliphatic rings. The molecule has 1 aromatic rings. The highest BCUT2D eigenvalue weighted by molar-refractivity contribution is 6.30. The maximum Gasteiger partial charge on any atom is 0.139 e. The predicted molar refractivity (Wildman–Crippen MR) is 71.7 cm³/mol. The zero-order valence-electron chi connectivity index (χ0n) is 10.6. The molecule has 4 heteroatoms. The third kappa shape index (κ3) is 6.49. The monoisotopic (exact) mass is 256 g/mol. The summed E-state index contributed by atoms with van der Waals surface area (Å²) in [5, 5.41) is 3.98. The molecule has 0 aliphatic heterocycles. The van der Waals surface area contributed by atoms with E-state index in [2.05, 4.69) is 24.1 Å². The van der Waals surface area contributed by atoms with E-state index in [4.69, 9.17) is 16.3 Å². The van der Waals surface area contributed by atoms with Crippen molar-refractivity contribution in [1.82, 2.24) is 10.3 Å². The van der Waals surface area contributed by atoms with Crippen molar-refractivity contribution >= 4 is 11.6 Å². The zero-order valence-corrected chi connectivity index (χ0v) is 11.3. The first-order valence-electron chi connectivity index (χ1n) is 6.20. The quantitative estimate of drug-likeness (QED) is 0.725. The molecular formula is C13H21ClN2O. The van der Waals surface area contributed by atoms with Gasteiger partial charge in [-0.2, -0.15) is 0 Å². The second-order valence-electron chi connectivity index (χ2n) is 4.16. The molecule has 1 aromatic heterocycles. The number of pyridine rings is 1. The van der Waals surface area contributed by atoms with Crippen molar-refractivity contribution in [2.75, 3.05) is 13.1 Å². The first-order valence-corrected chi connectivity index (χ1v) is 6.58. The molecule has 0 aromatic carbocycles. The number of hydrogen-bond donors (Lipinski definition) is 1. The van der Waals surface area contributed by atoms with Crippen LogP contribution in [0.3, 0.4) is 0 Å². The SMILES string of the molecule is CCCNCCCC(C)Oc1cncc(Cl)c1. The van der Waals surface area contributed by atoms with Crippen LogP contribution in [0, 0.1) is 0 Å². The van der Waals surface area contributed by atoms with Gasteiger partial charge in [0.1, 0.15) is 5.75 Å². The van der Waals surface area contributed by atoms with E-state index >= 15 is 0 Å². The van der Waals surface area contributed by atoms with E-state index in [9.17, 15) is 0 Å². The molecule has 1 atom stereocenters. The Morgan fingerprint density at radius 2 is 2.24 bits per heavy atom. The largest absolute Gasteiger partial charge is 0.489 e. The lowest BCUT2D eigenvalue weighted by atomic mass is 10.2. The smallest absolute Gasteiger partial charge is 0.139 e. The summed E-state index contributed by atoms with van der Waals surface area (Å²) in [5.41, 5.74) is 0. The van der Waals surface area contributed by atoms with Gasteiger partial charge in [0, 0.05) is 12.3 Å². The summed E-state index contributed by atoms with van der Waals surface area (Å²) in [6.07, 6.45) is 6.82. The molecule has 0 saturated carbocycles. The van der Waals surface area contributed by atoms with Crippen LogP contribution in [-0.2, 0) is 0 Å². The van der Waals surface area contributed by atoms with Crippen molar-refractivity contribution in [3.63, 3.8) is 0 Å². The van der Waals surface area contributed by atoms with E-state index in [0.29, 0.717) is 5.02 Å². The summed E-state index contributed by atoms with van der Waals surface area (Å²) in [4.78, 5) is 3.99. The van der Waals surface area contributed by atoms with Gasteiger partial charge >= 0.3 is 0 Å². The number of hydrogen-bond acceptors (Lipinski definition) is 3. The average molecular weight is 257 g/mol. The number of aromatic nitrogens is 1. The first-order chi connectivity index (χ1) is 8.22. The molecule has 0 amide bonds. The molecule has 0 fully saturated rings. The molecule has 96 valence electrons. The molecule has 0 bridgehead atoms. The van der Waals surface area contributed by atoms with Crippen LogP contribution in [0.4, 0.5) is 0 Å². The van der Waals surface area contributed by atoms with E-state index in [1.165, 1.54) is 6.42 Å². The number of halogens is 1. The van der Waals surface area contributed by atoms with Gasteiger partial charge in [0.05, 0.1) is 17.3 Å². The fourth-order valence-electron chi connectivity index (χ4n) is 1.56. The third-order valence-electron chi connectivity index (χ3n) is 2.41. The summed E-state index contributed by atoms with van der Waals surface area (Å²) in [7, 11) is 0. The van der Waals surface area contributed by atoms with Crippen molar-refractivity contribution in [3.05, 3.63) is 23.5 Å². The Morgan fingerprint density at radius 1 is 1.41 bits per heavy atom. The van der Waals surface area contributed by atoms with Gasteiger partial charge in [-0.15, -0.1) is 0 Å². The average Bonchev–Trinajstić information content (AvgIpc) is 2.29. The second kappa shape index (κ2) is 8.31. The number of nitrogens with zero attached hydrogens (tertiary/aromatic N) is 1. The molecule has 1 N–H and O–H groups in total. The van der Waals surface area contributed by atoms with Crippen LogP contribution in [0.2, 0.25) is 5.02 Å². The lowest BCUT2D eigenvalue weighted by molar-refractivity contribution is 0.207. The molecular weight excluding hydrogens is 236 g/mol. The van der Waals surface area contributed by atoms with Crippen LogP contribution in [0.15, 0.2) is 18.5 Å². The summed E-state index contributed by atoms with van der Waals surface area (Å²) in [5.74, 6) is 0.742. The van der Waals surface area contributed by atoms with Gasteiger partial charge in [0.15, 0.2) is 0 Å². The molecule has 0 saturated heterocycles. The van der Waals surface area contributed by atoms with Crippen molar-refractivity contribution in [2.45, 2.75) is 39.2 Å². The highest BCUT2D eigenvalue weighted by Crippen LogP contribution is 2.17. The predicted octanol–water partition coefficient (Wildman–Crippen LogP) is 3.28. The maximum atomic E-state index is 5.84. The fraction of sp³-hybridized carbons (Fsp3) is 0.615. The van der Waals surface area contributed by atoms with Crippen molar-refractivity contribution < 1.29 is 4.74 Å². The van der Waals surface area contributed by atoms with E-state index < -0.39 is 0 Å². The molecule has 3 nitrogen and oxygen atoms in total. The van der Waals surface area contributed by atoms with Crippen LogP contribution in [0.1, 0.15) is 33.1 Å². The molecule has 0 aliphatic carbocycles. The van der Waals surface area contributed by atoms with Crippen LogP contribution in [0.25, 0.3) is 0 Å². The van der Waals surface area contributed by atoms with Crippen molar-refractivity contribution in [3.8, 4) is 5.75 Å². The molecule has 1 rings (SSSR count). The highest BCUT2D eigenvalue weighted by Gasteiger charge is 2.04. The molecule has 1 heterocycles. The van der Waals surface area contributed by atoms with Gasteiger partial charge in [-0.25, -0.2) is 0 Å². The lowest BCUT2D eigenvalue weighted by Gasteiger charge is -2.14. The molecule has 17 heavy (non-hydrogen) atoms. The Labute approximate surface area is 109 Å². The Balaban J connectivity index is 2.18. The van der Waals surface area contributed by atoms with Gasteiger partial charge < -0.3 is 10.1 Å². The van der Waals surface area contributed by atoms with E-state index in [-0.39, 0.29) is 6.10 Å². The normalized spacial score (nSPS) is 12.4. The Morgan fingerprint density at radius 3 is 2.94 bits per heavy atom. The number of nitrogens with one attached hydrogen (secondary N) is 1. The Hall–Kier alpha value is -0.800. The number of ether oxygens (including phenoxy) is 1. The molecule has 1 unspecified atom stereocenters. The van der Waals surface area contributed by atoms with Gasteiger partial charge in [0.25, 0.3) is 0 Å². The second-order valence-corrected chi connectivity index (χ2v) is 4.60. The molecule has 0 radical (unpaired) electrons. The highest BCUT2D eigenvalue weighted by atomic mass is 35.5. The summed E-state index contributed by atoms with van der Waals surface area (Å²) < 4.78 is 5.73. The fourth-order valence-corrected chi connectivity index (χ4v) is 1.73. The lowest BCUT2D eigenvalue weighted by Crippen LogP contribution is -2.19. The summed E-state index contributed by atoms with van der Waals surface area (Å²) >= 11 is 5.84. The van der Waals surface area contributed by atoms with E-state index in [0.717, 1.165) is 31.7 Å². The van der Waals surface area contributed by atoms with Crippen LogP contribution >= 0.6 is 11.6 Å². The number of rotatable bonds is 8. The Bertz CT molecular complexity index is 320. The van der Waals surface area contributed by atoms with Crippen molar-refractivity contribution in [1.29, 1.82) is 0 Å². The summed E-state index contributed by atoms with van der Waals surface area (Å²) in [6, 6.07) is 1.79. The minimum atomic E-state index is 0.193. The minimum absolute atomic E-state index is 0.193. The first kappa shape index (κ1) is 14.3. The van der Waals surface area contributed by atoms with Crippen LogP contribution in [-0.4, -0.2) is 24.2 Å². The third-order valence-corrected chi connectivity index (χ3v) is 2.61. The van der Waals surface area contributed by atoms with E-state index in [1.807, 2.05) is 0 Å². The van der Waals surface area contributed by atoms with Crippen LogP contribution < -0.4 is 10.1 Å². The zero-order chi connectivity index (χ0) is 12.5. The maximum absolute atomic E-state index is 5.84. The van der Waals surface area contributed by atoms with Gasteiger partial charge in [-0.1, -0.05) is 18.5 Å². The summed E-state index contributed by atoms with van der Waals surface area (Å²) in [6.45, 7) is 6.38. The van der Waals surface area contributed by atoms with Crippen LogP contribution in [0.5, 0.6) is 5.75 Å². The van der Waals surface area contributed by atoms with Gasteiger partial charge in [0.2, 0.25) is 0 Å².